The number of hydrogen-bond acceptors (Lipinski definition) is 3. The minimum absolute atomic E-state index is 0.202. The summed E-state index contributed by atoms with van der Waals surface area (Å²) in [6.07, 6.45) is 0.598. The molecule has 98 valence electrons. The second-order valence-electron chi connectivity index (χ2n) is 3.78. The van der Waals surface area contributed by atoms with Crippen LogP contribution in [0.1, 0.15) is 10.4 Å². The monoisotopic (exact) mass is 279 g/mol. The van der Waals surface area contributed by atoms with Gasteiger partial charge in [0.25, 0.3) is 10.0 Å². The van der Waals surface area contributed by atoms with Gasteiger partial charge in [0.2, 0.25) is 0 Å². The Balaban J connectivity index is 2.36. The molecule has 2 rings (SSSR count). The number of carbonyl (C=O) groups is 1. The van der Waals surface area contributed by atoms with Crippen molar-refractivity contribution < 1.29 is 17.6 Å². The summed E-state index contributed by atoms with van der Waals surface area (Å²) in [4.78, 5) is 10.2. The lowest BCUT2D eigenvalue weighted by molar-refractivity contribution is 0.112. The van der Waals surface area contributed by atoms with Gasteiger partial charge < -0.3 is 0 Å². The van der Waals surface area contributed by atoms with E-state index < -0.39 is 20.7 Å². The molecule has 0 fully saturated rings. The van der Waals surface area contributed by atoms with Crippen molar-refractivity contribution in [2.75, 3.05) is 4.72 Å². The molecule has 0 amide bonds. The van der Waals surface area contributed by atoms with E-state index in [1.165, 1.54) is 42.5 Å². The van der Waals surface area contributed by atoms with E-state index in [1.807, 2.05) is 0 Å². The Morgan fingerprint density at radius 3 is 2.47 bits per heavy atom. The largest absolute Gasteiger partial charge is 0.298 e. The predicted octanol–water partition coefficient (Wildman–Crippen LogP) is 2.44. The third-order valence-corrected chi connectivity index (χ3v) is 3.82. The zero-order valence-corrected chi connectivity index (χ0v) is 10.5. The van der Waals surface area contributed by atoms with Crippen LogP contribution in [0.25, 0.3) is 0 Å². The standard InChI is InChI=1S/C13H10FNO3S/c14-12-6-1-2-7-13(12)19(17,18)15-11-5-3-4-10(8-11)9-16/h1-9,15H. The highest BCUT2D eigenvalue weighted by molar-refractivity contribution is 7.92. The summed E-state index contributed by atoms with van der Waals surface area (Å²) in [5, 5.41) is 0. The zero-order chi connectivity index (χ0) is 13.9. The van der Waals surface area contributed by atoms with Gasteiger partial charge >= 0.3 is 0 Å². The quantitative estimate of drug-likeness (QED) is 0.874. The maximum atomic E-state index is 13.5. The van der Waals surface area contributed by atoms with E-state index in [4.69, 9.17) is 0 Å². The number of benzene rings is 2. The number of aldehydes is 1. The van der Waals surface area contributed by atoms with Crippen molar-refractivity contribution in [3.8, 4) is 0 Å². The topological polar surface area (TPSA) is 63.2 Å². The SMILES string of the molecule is O=Cc1cccc(NS(=O)(=O)c2ccccc2F)c1. The number of carbonyl (C=O) groups excluding carboxylic acids is 1. The van der Waals surface area contributed by atoms with E-state index in [2.05, 4.69) is 4.72 Å². The maximum absolute atomic E-state index is 13.5. The van der Waals surface area contributed by atoms with Crippen LogP contribution in [-0.4, -0.2) is 14.7 Å². The molecule has 0 saturated heterocycles. The molecule has 4 nitrogen and oxygen atoms in total. The first-order valence-corrected chi connectivity index (χ1v) is 6.84. The van der Waals surface area contributed by atoms with Gasteiger partial charge in [-0.2, -0.15) is 0 Å². The van der Waals surface area contributed by atoms with E-state index in [0.717, 1.165) is 6.07 Å². The molecule has 6 heteroatoms. The van der Waals surface area contributed by atoms with Gasteiger partial charge in [-0.1, -0.05) is 24.3 Å². The van der Waals surface area contributed by atoms with Crippen molar-refractivity contribution in [1.29, 1.82) is 0 Å². The summed E-state index contributed by atoms with van der Waals surface area (Å²) in [5.74, 6) is -0.832. The normalized spacial score (nSPS) is 11.0. The Morgan fingerprint density at radius 2 is 1.79 bits per heavy atom. The predicted molar refractivity (Wildman–Crippen MR) is 69.0 cm³/mol. The van der Waals surface area contributed by atoms with Crippen LogP contribution in [0.2, 0.25) is 0 Å². The molecule has 0 radical (unpaired) electrons. The summed E-state index contributed by atoms with van der Waals surface area (Å²) >= 11 is 0. The second-order valence-corrected chi connectivity index (χ2v) is 5.43. The fourth-order valence-corrected chi connectivity index (χ4v) is 2.68. The van der Waals surface area contributed by atoms with Crippen molar-refractivity contribution in [2.45, 2.75) is 4.90 Å². The fourth-order valence-electron chi connectivity index (χ4n) is 1.55. The van der Waals surface area contributed by atoms with E-state index in [1.54, 1.807) is 0 Å². The molecule has 1 N–H and O–H groups in total. The van der Waals surface area contributed by atoms with Crippen molar-refractivity contribution >= 4 is 22.0 Å². The van der Waals surface area contributed by atoms with Crippen molar-refractivity contribution in [1.82, 2.24) is 0 Å². The number of nitrogens with one attached hydrogen (secondary N) is 1. The highest BCUT2D eigenvalue weighted by Gasteiger charge is 2.18. The zero-order valence-electron chi connectivity index (χ0n) is 9.71. The van der Waals surface area contributed by atoms with Crippen molar-refractivity contribution in [3.05, 3.63) is 59.9 Å². The van der Waals surface area contributed by atoms with Crippen LogP contribution in [0.15, 0.2) is 53.4 Å². The molecule has 2 aromatic rings. The third-order valence-electron chi connectivity index (χ3n) is 2.40. The van der Waals surface area contributed by atoms with Gasteiger partial charge in [-0.05, 0) is 24.3 Å². The first-order valence-electron chi connectivity index (χ1n) is 5.35. The van der Waals surface area contributed by atoms with Crippen LogP contribution in [-0.2, 0) is 10.0 Å². The van der Waals surface area contributed by atoms with Crippen molar-refractivity contribution in [3.63, 3.8) is 0 Å². The minimum atomic E-state index is -4.01. The number of halogens is 1. The van der Waals surface area contributed by atoms with Crippen LogP contribution in [0, 0.1) is 5.82 Å². The van der Waals surface area contributed by atoms with Crippen LogP contribution >= 0.6 is 0 Å². The molecule has 2 aromatic carbocycles. The van der Waals surface area contributed by atoms with Crippen LogP contribution in [0.4, 0.5) is 10.1 Å². The number of hydrogen-bond donors (Lipinski definition) is 1. The highest BCUT2D eigenvalue weighted by Crippen LogP contribution is 2.18. The first-order chi connectivity index (χ1) is 9.03. The van der Waals surface area contributed by atoms with Gasteiger partial charge in [-0.3, -0.25) is 9.52 Å². The van der Waals surface area contributed by atoms with Crippen LogP contribution < -0.4 is 4.72 Å². The molecule has 0 aliphatic heterocycles. The van der Waals surface area contributed by atoms with Crippen molar-refractivity contribution in [2.24, 2.45) is 0 Å². The summed E-state index contributed by atoms with van der Waals surface area (Å²) in [6, 6.07) is 11.0. The lowest BCUT2D eigenvalue weighted by Crippen LogP contribution is -2.14. The summed E-state index contributed by atoms with van der Waals surface area (Å²) in [6.45, 7) is 0. The molecule has 19 heavy (non-hydrogen) atoms. The smallest absolute Gasteiger partial charge is 0.264 e. The first kappa shape index (κ1) is 13.2. The molecule has 0 saturated carbocycles. The van der Waals surface area contributed by atoms with Crippen LogP contribution in [0.5, 0.6) is 0 Å². The number of sulfonamides is 1. The van der Waals surface area contributed by atoms with Gasteiger partial charge in [0.1, 0.15) is 17.0 Å². The maximum Gasteiger partial charge on any atom is 0.264 e. The Morgan fingerprint density at radius 1 is 1.05 bits per heavy atom. The number of rotatable bonds is 4. The molecule has 0 aliphatic rings. The van der Waals surface area contributed by atoms with Crippen LogP contribution in [0.3, 0.4) is 0 Å². The average molecular weight is 279 g/mol. The molecular formula is C13H10FNO3S. The highest BCUT2D eigenvalue weighted by atomic mass is 32.2. The average Bonchev–Trinajstić information content (AvgIpc) is 2.38. The van der Waals surface area contributed by atoms with E-state index in [9.17, 15) is 17.6 Å². The van der Waals surface area contributed by atoms with E-state index in [0.29, 0.717) is 11.8 Å². The third kappa shape index (κ3) is 2.97. The molecule has 0 spiro atoms. The Hall–Kier alpha value is -2.21. The Kier molecular flexibility index (Phi) is 3.62. The van der Waals surface area contributed by atoms with Gasteiger partial charge in [0.15, 0.2) is 0 Å². The molecular weight excluding hydrogens is 269 g/mol. The molecule has 0 aliphatic carbocycles. The molecule has 0 aromatic heterocycles. The lowest BCUT2D eigenvalue weighted by atomic mass is 10.2. The van der Waals surface area contributed by atoms with E-state index in [-0.39, 0.29) is 5.69 Å². The Bertz CT molecular complexity index is 713. The van der Waals surface area contributed by atoms with Gasteiger partial charge in [0.05, 0.1) is 0 Å². The summed E-state index contributed by atoms with van der Waals surface area (Å²) in [7, 11) is -4.01. The summed E-state index contributed by atoms with van der Waals surface area (Å²) < 4.78 is 39.6. The summed E-state index contributed by atoms with van der Waals surface area (Å²) in [5.41, 5.74) is 0.529. The fraction of sp³-hybridized carbons (Fsp3) is 0. The van der Waals surface area contributed by atoms with E-state index >= 15 is 0 Å². The molecule has 0 unspecified atom stereocenters. The number of anilines is 1. The molecule has 0 bridgehead atoms. The second kappa shape index (κ2) is 5.19. The minimum Gasteiger partial charge on any atom is -0.298 e. The molecule has 0 atom stereocenters. The Labute approximate surface area is 109 Å². The van der Waals surface area contributed by atoms with Gasteiger partial charge in [-0.15, -0.1) is 0 Å². The lowest BCUT2D eigenvalue weighted by Gasteiger charge is -2.08. The molecule has 0 heterocycles. The van der Waals surface area contributed by atoms with Gasteiger partial charge in [0, 0.05) is 11.3 Å². The van der Waals surface area contributed by atoms with Gasteiger partial charge in [-0.25, -0.2) is 12.8 Å².